The molecule has 0 unspecified atom stereocenters. The molecule has 3 rings (SSSR count). The summed E-state index contributed by atoms with van der Waals surface area (Å²) in [6.07, 6.45) is 5.20. The summed E-state index contributed by atoms with van der Waals surface area (Å²) in [6, 6.07) is 18.8. The van der Waals surface area contributed by atoms with Gasteiger partial charge in [-0.1, -0.05) is 54.7 Å². The van der Waals surface area contributed by atoms with Gasteiger partial charge in [-0.15, -0.1) is 0 Å². The third-order valence-corrected chi connectivity index (χ3v) is 4.02. The third-order valence-electron chi connectivity index (χ3n) is 3.69. The van der Waals surface area contributed by atoms with E-state index in [1.807, 2.05) is 18.2 Å². The molecule has 21 heavy (non-hydrogen) atoms. The Morgan fingerprint density at radius 2 is 1.67 bits per heavy atom. The predicted molar refractivity (Wildman–Crippen MR) is 89.9 cm³/mol. The van der Waals surface area contributed by atoms with Crippen molar-refractivity contribution in [2.45, 2.75) is 25.8 Å². The van der Waals surface area contributed by atoms with Crippen LogP contribution in [0.3, 0.4) is 0 Å². The number of hydrogen-bond acceptors (Lipinski definition) is 2. The molecule has 1 aromatic heterocycles. The quantitative estimate of drug-likeness (QED) is 0.497. The van der Waals surface area contributed by atoms with Gasteiger partial charge in [-0.2, -0.15) is 0 Å². The number of aromatic nitrogens is 2. The fourth-order valence-corrected chi connectivity index (χ4v) is 2.83. The molecule has 0 aliphatic rings. The molecule has 2 nitrogen and oxygen atoms in total. The van der Waals surface area contributed by atoms with Crippen LogP contribution in [-0.2, 0) is 13.0 Å². The van der Waals surface area contributed by atoms with E-state index < -0.39 is 0 Å². The summed E-state index contributed by atoms with van der Waals surface area (Å²) in [4.78, 5) is 4.39. The Hall–Kier alpha value is -2.00. The number of unbranched alkanes of at least 4 members (excludes halogenated alkanes) is 1. The fraction of sp³-hybridized carbons (Fsp3) is 0.222. The maximum Gasteiger partial charge on any atom is 0.124 e. The fourth-order valence-electron chi connectivity index (χ4n) is 2.59. The van der Waals surface area contributed by atoms with Crippen molar-refractivity contribution in [2.24, 2.45) is 0 Å². The number of para-hydroxylation sites is 2. The lowest BCUT2D eigenvalue weighted by Gasteiger charge is -2.10. The molecular formula is C18H18N2S. The maximum absolute atomic E-state index is 5.42. The Morgan fingerprint density at radius 1 is 0.905 bits per heavy atom. The lowest BCUT2D eigenvalue weighted by molar-refractivity contribution is 0.615. The summed E-state index contributed by atoms with van der Waals surface area (Å²) in [5.41, 5.74) is 3.54. The monoisotopic (exact) mass is 294 g/mol. The minimum absolute atomic E-state index is 0.813. The van der Waals surface area contributed by atoms with Crippen molar-refractivity contribution in [2.75, 3.05) is 0 Å². The van der Waals surface area contributed by atoms with Gasteiger partial charge in [-0.3, -0.25) is 4.98 Å². The van der Waals surface area contributed by atoms with E-state index in [0.29, 0.717) is 0 Å². The van der Waals surface area contributed by atoms with E-state index in [9.17, 15) is 0 Å². The summed E-state index contributed by atoms with van der Waals surface area (Å²) < 4.78 is 3.01. The Bertz CT molecular complexity index is 778. The zero-order valence-corrected chi connectivity index (χ0v) is 12.7. The molecule has 0 spiro atoms. The van der Waals surface area contributed by atoms with E-state index >= 15 is 0 Å². The first-order valence-corrected chi connectivity index (χ1v) is 7.74. The number of rotatable bonds is 5. The summed E-state index contributed by atoms with van der Waals surface area (Å²) in [5, 5.41) is 0. The van der Waals surface area contributed by atoms with E-state index in [1.165, 1.54) is 12.0 Å². The molecular weight excluding hydrogens is 276 g/mol. The molecule has 0 aliphatic heterocycles. The van der Waals surface area contributed by atoms with Gasteiger partial charge in [0.1, 0.15) is 4.64 Å². The Morgan fingerprint density at radius 3 is 2.52 bits per heavy atom. The van der Waals surface area contributed by atoms with Crippen LogP contribution in [0.2, 0.25) is 0 Å². The van der Waals surface area contributed by atoms with Gasteiger partial charge in [-0.25, -0.2) is 0 Å². The molecule has 0 atom stereocenters. The van der Waals surface area contributed by atoms with Crippen molar-refractivity contribution < 1.29 is 0 Å². The van der Waals surface area contributed by atoms with Crippen LogP contribution < -0.4 is 0 Å². The van der Waals surface area contributed by atoms with Gasteiger partial charge in [0.2, 0.25) is 0 Å². The highest BCUT2D eigenvalue weighted by Crippen LogP contribution is 2.13. The van der Waals surface area contributed by atoms with Crippen LogP contribution in [0.5, 0.6) is 0 Å². The molecule has 0 saturated carbocycles. The van der Waals surface area contributed by atoms with Crippen LogP contribution >= 0.6 is 12.2 Å². The summed E-state index contributed by atoms with van der Waals surface area (Å²) in [5.74, 6) is 0. The van der Waals surface area contributed by atoms with E-state index in [0.717, 1.165) is 35.1 Å². The van der Waals surface area contributed by atoms with E-state index in [1.54, 1.807) is 6.20 Å². The van der Waals surface area contributed by atoms with E-state index in [2.05, 4.69) is 45.9 Å². The first kappa shape index (κ1) is 14.0. The molecule has 0 fully saturated rings. The Kier molecular flexibility index (Phi) is 4.41. The molecule has 0 bridgehead atoms. The zero-order chi connectivity index (χ0) is 14.5. The maximum atomic E-state index is 5.42. The molecule has 0 N–H and O–H groups in total. The van der Waals surface area contributed by atoms with Crippen molar-refractivity contribution in [3.8, 4) is 0 Å². The molecule has 0 aliphatic carbocycles. The number of nitrogens with zero attached hydrogens (tertiary/aromatic N) is 2. The van der Waals surface area contributed by atoms with Gasteiger partial charge in [-0.05, 0) is 37.0 Å². The molecule has 0 radical (unpaired) electrons. The molecule has 3 heteroatoms. The van der Waals surface area contributed by atoms with Crippen LogP contribution in [0.15, 0.2) is 60.8 Å². The second-order valence-electron chi connectivity index (χ2n) is 5.18. The topological polar surface area (TPSA) is 17.8 Å². The minimum Gasteiger partial charge on any atom is -0.330 e. The minimum atomic E-state index is 0.813. The average molecular weight is 294 g/mol. The summed E-state index contributed by atoms with van der Waals surface area (Å²) >= 11 is 5.42. The smallest absolute Gasteiger partial charge is 0.124 e. The molecule has 0 saturated heterocycles. The van der Waals surface area contributed by atoms with Gasteiger partial charge < -0.3 is 4.57 Å². The van der Waals surface area contributed by atoms with Gasteiger partial charge >= 0.3 is 0 Å². The molecule has 106 valence electrons. The van der Waals surface area contributed by atoms with Gasteiger partial charge in [0.05, 0.1) is 17.2 Å². The van der Waals surface area contributed by atoms with Gasteiger partial charge in [0, 0.05) is 6.54 Å². The van der Waals surface area contributed by atoms with Crippen LogP contribution in [-0.4, -0.2) is 9.55 Å². The predicted octanol–water partition coefficient (Wildman–Crippen LogP) is 4.79. The van der Waals surface area contributed by atoms with Gasteiger partial charge in [0.15, 0.2) is 0 Å². The van der Waals surface area contributed by atoms with Crippen molar-refractivity contribution in [3.05, 3.63) is 71.0 Å². The van der Waals surface area contributed by atoms with Crippen molar-refractivity contribution >= 4 is 23.3 Å². The molecule has 0 amide bonds. The van der Waals surface area contributed by atoms with Crippen molar-refractivity contribution in [1.29, 1.82) is 0 Å². The highest BCUT2D eigenvalue weighted by atomic mass is 32.1. The molecule has 3 aromatic rings. The Labute approximate surface area is 130 Å². The van der Waals surface area contributed by atoms with Gasteiger partial charge in [0.25, 0.3) is 0 Å². The second-order valence-corrected chi connectivity index (χ2v) is 5.60. The largest absolute Gasteiger partial charge is 0.330 e. The average Bonchev–Trinajstić information content (AvgIpc) is 2.54. The van der Waals surface area contributed by atoms with Crippen molar-refractivity contribution in [3.63, 3.8) is 0 Å². The standard InChI is InChI=1S/C18H18N2S/c21-18-14-19-16-11-4-5-12-17(16)20(18)13-7-6-10-15-8-2-1-3-9-15/h1-5,8-9,11-12,14H,6-7,10,13H2. The molecule has 1 heterocycles. The number of aryl methyl sites for hydroxylation is 2. The lowest BCUT2D eigenvalue weighted by atomic mass is 10.1. The number of fused-ring (bicyclic) bond motifs is 1. The summed E-state index contributed by atoms with van der Waals surface area (Å²) in [7, 11) is 0. The first-order chi connectivity index (χ1) is 10.3. The highest BCUT2D eigenvalue weighted by Gasteiger charge is 2.01. The normalized spacial score (nSPS) is 10.9. The van der Waals surface area contributed by atoms with Crippen LogP contribution in [0, 0.1) is 4.64 Å². The first-order valence-electron chi connectivity index (χ1n) is 7.33. The van der Waals surface area contributed by atoms with Crippen LogP contribution in [0.25, 0.3) is 11.0 Å². The number of benzene rings is 2. The third kappa shape index (κ3) is 3.37. The van der Waals surface area contributed by atoms with E-state index in [-0.39, 0.29) is 0 Å². The summed E-state index contributed by atoms with van der Waals surface area (Å²) in [6.45, 7) is 0.953. The Balaban J connectivity index is 1.68. The number of hydrogen-bond donors (Lipinski definition) is 0. The van der Waals surface area contributed by atoms with E-state index in [4.69, 9.17) is 12.2 Å². The van der Waals surface area contributed by atoms with Crippen LogP contribution in [0.4, 0.5) is 0 Å². The lowest BCUT2D eigenvalue weighted by Crippen LogP contribution is -2.03. The van der Waals surface area contributed by atoms with Crippen molar-refractivity contribution in [1.82, 2.24) is 9.55 Å². The zero-order valence-electron chi connectivity index (χ0n) is 11.9. The molecule has 2 aromatic carbocycles. The SMILES string of the molecule is S=c1cnc2ccccc2n1CCCCc1ccccc1. The van der Waals surface area contributed by atoms with Crippen LogP contribution in [0.1, 0.15) is 18.4 Å². The highest BCUT2D eigenvalue weighted by molar-refractivity contribution is 7.71. The second kappa shape index (κ2) is 6.64.